The van der Waals surface area contributed by atoms with Crippen molar-refractivity contribution in [1.82, 2.24) is 4.98 Å². The fraction of sp³-hybridized carbons (Fsp3) is 0.154. The standard InChI is InChI=1S/C19H12N.C6H10.CH3.2ClH.Ru/c1-2-7-16-13-17(10-9-14(16)5-1)19-12-11-15-6-3-4-8-18(15)20-19;1-5-6(2,3)4;;;;/h1-12H;5H,2-4H3;1H3;2*1H;/q-1;;-1;;;+2/p-2. The smallest absolute Gasteiger partial charge is 0.0617 e. The zero-order chi connectivity index (χ0) is 20.9. The molecule has 4 rings (SSSR count). The third kappa shape index (κ3) is 7.15. The molecule has 0 saturated carbocycles. The van der Waals surface area contributed by atoms with Gasteiger partial charge in [-0.1, -0.05) is 59.5 Å². The number of hydrogen-bond donors (Lipinski definition) is 0. The Morgan fingerprint density at radius 1 is 0.867 bits per heavy atom. The molecule has 30 heavy (non-hydrogen) atoms. The van der Waals surface area contributed by atoms with E-state index in [9.17, 15) is 0 Å². The molecule has 0 unspecified atom stereocenters. The summed E-state index contributed by atoms with van der Waals surface area (Å²) in [4.78, 5) is 4.72. The van der Waals surface area contributed by atoms with Gasteiger partial charge in [-0.3, -0.25) is 4.98 Å². The Kier molecular flexibility index (Phi) is 8.96. The first-order chi connectivity index (χ1) is 13.8. The average molecular weight is 523 g/mol. The summed E-state index contributed by atoms with van der Waals surface area (Å²) in [5, 5.41) is 3.49. The van der Waals surface area contributed by atoms with Crippen molar-refractivity contribution in [2.24, 2.45) is 5.41 Å². The van der Waals surface area contributed by atoms with Gasteiger partial charge in [0.15, 0.2) is 0 Å². The average Bonchev–Trinajstić information content (AvgIpc) is 2.71. The molecule has 158 valence electrons. The molecule has 0 N–H and O–H groups in total. The Balaban J connectivity index is 0.000000277. The van der Waals surface area contributed by atoms with Crippen molar-refractivity contribution in [2.45, 2.75) is 20.8 Å². The Labute approximate surface area is 192 Å². The van der Waals surface area contributed by atoms with E-state index in [0.29, 0.717) is 0 Å². The molecule has 1 nitrogen and oxygen atoms in total. The van der Waals surface area contributed by atoms with Crippen LogP contribution in [-0.4, -0.2) is 9.25 Å². The van der Waals surface area contributed by atoms with E-state index >= 15 is 0 Å². The predicted octanol–water partition coefficient (Wildman–Crippen LogP) is 8.22. The fourth-order valence-electron chi connectivity index (χ4n) is 2.67. The third-order valence-corrected chi connectivity index (χ3v) is 5.64. The molecular formula is C26H25Cl2NRu-2. The molecule has 4 heteroatoms. The van der Waals surface area contributed by atoms with E-state index in [1.54, 1.807) is 0 Å². The summed E-state index contributed by atoms with van der Waals surface area (Å²) in [5.41, 5.74) is 3.19. The molecule has 0 bridgehead atoms. The summed E-state index contributed by atoms with van der Waals surface area (Å²) in [5.74, 6) is 0. The normalized spacial score (nSPS) is 11.0. The van der Waals surface area contributed by atoms with Gasteiger partial charge in [-0.05, 0) is 11.5 Å². The van der Waals surface area contributed by atoms with Crippen LogP contribution in [-0.2, 0) is 13.5 Å². The summed E-state index contributed by atoms with van der Waals surface area (Å²) < 4.78 is 2.93. The Bertz CT molecular complexity index is 1120. The molecule has 0 saturated heterocycles. The molecule has 0 aliphatic carbocycles. The third-order valence-electron chi connectivity index (χ3n) is 4.10. The number of halogens is 2. The van der Waals surface area contributed by atoms with Crippen LogP contribution in [0, 0.1) is 18.9 Å². The summed E-state index contributed by atoms with van der Waals surface area (Å²) in [7, 11) is 11.1. The second-order valence-electron chi connectivity index (χ2n) is 7.65. The van der Waals surface area contributed by atoms with Crippen LogP contribution in [0.4, 0.5) is 0 Å². The van der Waals surface area contributed by atoms with Gasteiger partial charge >= 0.3 is 69.4 Å². The topological polar surface area (TPSA) is 12.9 Å². The number of aromatic nitrogens is 1. The first-order valence-corrected chi connectivity index (χ1v) is 14.5. The molecule has 0 spiro atoms. The number of benzene rings is 3. The van der Waals surface area contributed by atoms with Crippen LogP contribution in [0.2, 0.25) is 0 Å². The SMILES string of the molecule is CC(C)(C)C=[C]=[Ru]([Cl])[Cl].[CH3-].[c-]1c(-c2ccc3ccccc3n2)ccc2ccccc12. The van der Waals surface area contributed by atoms with Gasteiger partial charge in [0.25, 0.3) is 0 Å². The molecular weight excluding hydrogens is 498 g/mol. The van der Waals surface area contributed by atoms with Crippen LogP contribution in [0.1, 0.15) is 20.8 Å². The number of allylic oxidation sites excluding steroid dienone is 1. The van der Waals surface area contributed by atoms with Gasteiger partial charge in [0.2, 0.25) is 0 Å². The summed E-state index contributed by atoms with van der Waals surface area (Å²) in [6.45, 7) is 6.27. The second kappa shape index (κ2) is 11.0. The summed E-state index contributed by atoms with van der Waals surface area (Å²) >= 11 is -1.67. The van der Waals surface area contributed by atoms with Crippen molar-refractivity contribution in [1.29, 1.82) is 0 Å². The number of pyridine rings is 1. The van der Waals surface area contributed by atoms with E-state index in [-0.39, 0.29) is 12.8 Å². The number of rotatable bonds is 1. The van der Waals surface area contributed by atoms with Gasteiger partial charge in [-0.2, -0.15) is 0 Å². The number of fused-ring (bicyclic) bond motifs is 2. The van der Waals surface area contributed by atoms with Crippen LogP contribution < -0.4 is 0 Å². The molecule has 0 aliphatic rings. The van der Waals surface area contributed by atoms with Crippen molar-refractivity contribution in [3.05, 3.63) is 92.4 Å². The van der Waals surface area contributed by atoms with E-state index in [4.69, 9.17) is 24.4 Å². The van der Waals surface area contributed by atoms with Crippen molar-refractivity contribution in [3.63, 3.8) is 0 Å². The molecule has 1 heterocycles. The molecule has 0 fully saturated rings. The number of hydrogen-bond acceptors (Lipinski definition) is 1. The van der Waals surface area contributed by atoms with Gasteiger partial charge in [-0.15, -0.1) is 29.7 Å². The van der Waals surface area contributed by atoms with Crippen molar-refractivity contribution < 1.29 is 13.5 Å². The molecule has 0 amide bonds. The maximum absolute atomic E-state index is 5.55. The Morgan fingerprint density at radius 2 is 1.50 bits per heavy atom. The van der Waals surface area contributed by atoms with E-state index in [0.717, 1.165) is 27.5 Å². The largest absolute Gasteiger partial charge is 0.358 e. The molecule has 3 aromatic carbocycles. The van der Waals surface area contributed by atoms with Gasteiger partial charge in [0.05, 0.1) is 5.52 Å². The minimum absolute atomic E-state index is 0. The zero-order valence-corrected chi connectivity index (χ0v) is 20.8. The fourth-order valence-corrected chi connectivity index (χ4v) is 4.07. The first-order valence-electron chi connectivity index (χ1n) is 9.19. The quantitative estimate of drug-likeness (QED) is 0.181. The molecule has 0 atom stereocenters. The summed E-state index contributed by atoms with van der Waals surface area (Å²) in [6.07, 6.45) is 1.94. The minimum Gasteiger partial charge on any atom is -0.358 e. The van der Waals surface area contributed by atoms with E-state index < -0.39 is 13.5 Å². The summed E-state index contributed by atoms with van der Waals surface area (Å²) in [6, 6.07) is 28.3. The van der Waals surface area contributed by atoms with Gasteiger partial charge in [0, 0.05) is 5.69 Å². The van der Waals surface area contributed by atoms with E-state index in [1.165, 1.54) is 5.39 Å². The van der Waals surface area contributed by atoms with Gasteiger partial charge in [-0.25, -0.2) is 0 Å². The van der Waals surface area contributed by atoms with Crippen molar-refractivity contribution in [2.75, 3.05) is 0 Å². The van der Waals surface area contributed by atoms with Gasteiger partial charge in [0.1, 0.15) is 0 Å². The van der Waals surface area contributed by atoms with Crippen LogP contribution in [0.3, 0.4) is 0 Å². The Hall–Kier alpha value is -1.82. The van der Waals surface area contributed by atoms with Crippen molar-refractivity contribution >= 4 is 45.3 Å². The molecule has 0 aliphatic heterocycles. The minimum atomic E-state index is -1.67. The second-order valence-corrected chi connectivity index (χ2v) is 13.0. The van der Waals surface area contributed by atoms with Crippen LogP contribution in [0.5, 0.6) is 0 Å². The van der Waals surface area contributed by atoms with Gasteiger partial charge < -0.3 is 7.43 Å². The maximum Gasteiger partial charge on any atom is 0.0617 e. The number of nitrogens with zero attached hydrogens (tertiary/aromatic N) is 1. The molecule has 0 radical (unpaired) electrons. The Morgan fingerprint density at radius 3 is 2.17 bits per heavy atom. The van der Waals surface area contributed by atoms with Crippen molar-refractivity contribution in [3.8, 4) is 11.3 Å². The van der Waals surface area contributed by atoms with E-state index in [2.05, 4.69) is 73.6 Å². The molecule has 4 aromatic rings. The molecule has 1 aromatic heterocycles. The monoisotopic (exact) mass is 523 g/mol. The number of para-hydroxylation sites is 1. The van der Waals surface area contributed by atoms with E-state index in [1.807, 2.05) is 36.4 Å². The zero-order valence-electron chi connectivity index (χ0n) is 17.6. The van der Waals surface area contributed by atoms with Crippen LogP contribution in [0.15, 0.2) is 78.9 Å². The first kappa shape index (κ1) is 24.5. The maximum atomic E-state index is 5.55. The predicted molar refractivity (Wildman–Crippen MR) is 131 cm³/mol. The van der Waals surface area contributed by atoms with Crippen LogP contribution in [0.25, 0.3) is 32.9 Å². The van der Waals surface area contributed by atoms with Crippen LogP contribution >= 0.6 is 19.4 Å².